The molecule has 0 bridgehead atoms. The van der Waals surface area contributed by atoms with Crippen molar-refractivity contribution in [2.75, 3.05) is 0 Å². The molecule has 0 saturated carbocycles. The van der Waals surface area contributed by atoms with Crippen LogP contribution in [0.1, 0.15) is 18.7 Å². The van der Waals surface area contributed by atoms with Gasteiger partial charge in [-0.3, -0.25) is 0 Å². The van der Waals surface area contributed by atoms with E-state index in [1.165, 1.54) is 0 Å². The zero-order valence-corrected chi connectivity index (χ0v) is 5.95. The van der Waals surface area contributed by atoms with E-state index in [0.717, 1.165) is 5.76 Å². The molecule has 0 aliphatic rings. The van der Waals surface area contributed by atoms with Crippen molar-refractivity contribution in [1.82, 2.24) is 0 Å². The second kappa shape index (κ2) is 2.86. The normalized spacial score (nSPS) is 16.7. The Kier molecular flexibility index (Phi) is 2.09. The number of rotatable bonds is 2. The average Bonchev–Trinajstić information content (AvgIpc) is 2.36. The predicted octanol–water partition coefficient (Wildman–Crippen LogP) is 0.627. The van der Waals surface area contributed by atoms with E-state index in [1.54, 1.807) is 12.3 Å². The van der Waals surface area contributed by atoms with Gasteiger partial charge in [0.25, 0.3) is 0 Å². The molecule has 0 aromatic carbocycles. The summed E-state index contributed by atoms with van der Waals surface area (Å²) in [6, 6.07) is 3.38. The first-order chi connectivity index (χ1) is 4.72. The van der Waals surface area contributed by atoms with E-state index in [9.17, 15) is 0 Å². The van der Waals surface area contributed by atoms with Gasteiger partial charge in [0.05, 0.1) is 12.3 Å². The molecule has 2 atom stereocenters. The van der Waals surface area contributed by atoms with Gasteiger partial charge in [0.2, 0.25) is 0 Å². The molecule has 0 saturated heterocycles. The molecule has 1 heterocycles. The molecule has 0 spiro atoms. The molecule has 0 radical (unpaired) electrons. The Morgan fingerprint density at radius 1 is 1.50 bits per heavy atom. The van der Waals surface area contributed by atoms with Crippen molar-refractivity contribution in [3.05, 3.63) is 24.2 Å². The van der Waals surface area contributed by atoms with Crippen LogP contribution < -0.4 is 11.5 Å². The standard InChI is InChI=1S/C7H12N2O/c1-5(8)7(9)6-3-2-4-10-6/h2-5,7H,8-9H2,1H3. The second-order valence-corrected chi connectivity index (χ2v) is 2.40. The number of furan rings is 1. The summed E-state index contributed by atoms with van der Waals surface area (Å²) in [5, 5.41) is 0. The zero-order chi connectivity index (χ0) is 7.56. The Morgan fingerprint density at radius 3 is 2.60 bits per heavy atom. The maximum Gasteiger partial charge on any atom is 0.122 e. The number of nitrogens with two attached hydrogens (primary N) is 2. The fourth-order valence-electron chi connectivity index (χ4n) is 0.740. The van der Waals surface area contributed by atoms with Crippen LogP contribution in [-0.4, -0.2) is 6.04 Å². The summed E-state index contributed by atoms with van der Waals surface area (Å²) in [7, 11) is 0. The summed E-state index contributed by atoms with van der Waals surface area (Å²) in [5.41, 5.74) is 11.2. The van der Waals surface area contributed by atoms with Crippen LogP contribution in [0.4, 0.5) is 0 Å². The van der Waals surface area contributed by atoms with Crippen LogP contribution in [0.2, 0.25) is 0 Å². The molecule has 1 rings (SSSR count). The van der Waals surface area contributed by atoms with E-state index < -0.39 is 0 Å². The molecule has 0 fully saturated rings. The first kappa shape index (κ1) is 7.31. The molecule has 3 heteroatoms. The summed E-state index contributed by atoms with van der Waals surface area (Å²) in [4.78, 5) is 0. The van der Waals surface area contributed by atoms with E-state index in [1.807, 2.05) is 13.0 Å². The van der Waals surface area contributed by atoms with Gasteiger partial charge in [-0.05, 0) is 19.1 Å². The molecule has 3 nitrogen and oxygen atoms in total. The van der Waals surface area contributed by atoms with Gasteiger partial charge < -0.3 is 15.9 Å². The van der Waals surface area contributed by atoms with Crippen molar-refractivity contribution in [2.24, 2.45) is 11.5 Å². The molecule has 4 N–H and O–H groups in total. The lowest BCUT2D eigenvalue weighted by molar-refractivity contribution is 0.435. The predicted molar refractivity (Wildman–Crippen MR) is 39.3 cm³/mol. The minimum absolute atomic E-state index is 0.0638. The molecule has 0 aliphatic heterocycles. The molecular formula is C7H12N2O. The third-order valence-corrected chi connectivity index (χ3v) is 1.44. The smallest absolute Gasteiger partial charge is 0.122 e. The molecule has 1 aromatic rings. The van der Waals surface area contributed by atoms with E-state index in [2.05, 4.69) is 0 Å². The third-order valence-electron chi connectivity index (χ3n) is 1.44. The zero-order valence-electron chi connectivity index (χ0n) is 5.95. The molecule has 0 amide bonds. The third kappa shape index (κ3) is 1.37. The van der Waals surface area contributed by atoms with Gasteiger partial charge >= 0.3 is 0 Å². The molecular weight excluding hydrogens is 128 g/mol. The molecule has 0 aliphatic carbocycles. The van der Waals surface area contributed by atoms with Crippen molar-refractivity contribution < 1.29 is 4.42 Å². The lowest BCUT2D eigenvalue weighted by atomic mass is 10.1. The summed E-state index contributed by atoms with van der Waals surface area (Å²) >= 11 is 0. The van der Waals surface area contributed by atoms with E-state index >= 15 is 0 Å². The van der Waals surface area contributed by atoms with Crippen molar-refractivity contribution >= 4 is 0 Å². The summed E-state index contributed by atoms with van der Waals surface area (Å²) in [6.07, 6.45) is 1.59. The summed E-state index contributed by atoms with van der Waals surface area (Å²) in [5.74, 6) is 0.745. The highest BCUT2D eigenvalue weighted by Gasteiger charge is 2.12. The Bertz CT molecular complexity index is 181. The lowest BCUT2D eigenvalue weighted by Gasteiger charge is -2.11. The van der Waals surface area contributed by atoms with Crippen molar-refractivity contribution in [3.63, 3.8) is 0 Å². The number of hydrogen-bond acceptors (Lipinski definition) is 3. The van der Waals surface area contributed by atoms with Crippen LogP contribution >= 0.6 is 0 Å². The van der Waals surface area contributed by atoms with Crippen molar-refractivity contribution in [1.29, 1.82) is 0 Å². The summed E-state index contributed by atoms with van der Waals surface area (Å²) < 4.78 is 5.05. The number of hydrogen-bond donors (Lipinski definition) is 2. The van der Waals surface area contributed by atoms with Crippen molar-refractivity contribution in [2.45, 2.75) is 19.0 Å². The Labute approximate surface area is 60.0 Å². The SMILES string of the molecule is CC(N)C(N)c1ccco1. The second-order valence-electron chi connectivity index (χ2n) is 2.40. The Hall–Kier alpha value is -0.800. The van der Waals surface area contributed by atoms with Crippen molar-refractivity contribution in [3.8, 4) is 0 Å². The quantitative estimate of drug-likeness (QED) is 0.633. The van der Waals surface area contributed by atoms with Gasteiger partial charge in [0.1, 0.15) is 5.76 Å². The fraction of sp³-hybridized carbons (Fsp3) is 0.429. The highest BCUT2D eigenvalue weighted by Crippen LogP contribution is 2.12. The first-order valence-corrected chi connectivity index (χ1v) is 3.26. The van der Waals surface area contributed by atoms with Crippen LogP contribution in [0.25, 0.3) is 0 Å². The first-order valence-electron chi connectivity index (χ1n) is 3.26. The van der Waals surface area contributed by atoms with Crippen LogP contribution in [0, 0.1) is 0 Å². The van der Waals surface area contributed by atoms with Gasteiger partial charge in [-0.15, -0.1) is 0 Å². The Balaban J connectivity index is 2.68. The van der Waals surface area contributed by atoms with Gasteiger partial charge in [-0.25, -0.2) is 0 Å². The monoisotopic (exact) mass is 140 g/mol. The van der Waals surface area contributed by atoms with E-state index in [0.29, 0.717) is 0 Å². The maximum absolute atomic E-state index is 5.66. The topological polar surface area (TPSA) is 65.2 Å². The minimum atomic E-state index is -0.185. The van der Waals surface area contributed by atoms with Gasteiger partial charge in [-0.2, -0.15) is 0 Å². The summed E-state index contributed by atoms with van der Waals surface area (Å²) in [6.45, 7) is 1.85. The minimum Gasteiger partial charge on any atom is -0.468 e. The molecule has 1 aromatic heterocycles. The van der Waals surface area contributed by atoms with Gasteiger partial charge in [0.15, 0.2) is 0 Å². The van der Waals surface area contributed by atoms with E-state index in [-0.39, 0.29) is 12.1 Å². The van der Waals surface area contributed by atoms with Gasteiger partial charge in [-0.1, -0.05) is 0 Å². The van der Waals surface area contributed by atoms with E-state index in [4.69, 9.17) is 15.9 Å². The average molecular weight is 140 g/mol. The van der Waals surface area contributed by atoms with Crippen LogP contribution in [0.3, 0.4) is 0 Å². The Morgan fingerprint density at radius 2 is 2.20 bits per heavy atom. The maximum atomic E-state index is 5.66. The molecule has 10 heavy (non-hydrogen) atoms. The largest absolute Gasteiger partial charge is 0.468 e. The van der Waals surface area contributed by atoms with Gasteiger partial charge in [0, 0.05) is 6.04 Å². The molecule has 2 unspecified atom stereocenters. The molecule has 56 valence electrons. The van der Waals surface area contributed by atoms with Crippen LogP contribution in [0.5, 0.6) is 0 Å². The lowest BCUT2D eigenvalue weighted by Crippen LogP contribution is -2.30. The highest BCUT2D eigenvalue weighted by atomic mass is 16.3. The highest BCUT2D eigenvalue weighted by molar-refractivity contribution is 5.05. The van der Waals surface area contributed by atoms with Crippen LogP contribution in [-0.2, 0) is 0 Å². The fourth-order valence-corrected chi connectivity index (χ4v) is 0.740. The van der Waals surface area contributed by atoms with Crippen LogP contribution in [0.15, 0.2) is 22.8 Å².